The van der Waals surface area contributed by atoms with Crippen molar-refractivity contribution >= 4 is 0 Å². The first-order chi connectivity index (χ1) is 8.29. The Labute approximate surface area is 102 Å². The Morgan fingerprint density at radius 3 is 2.76 bits per heavy atom. The molecule has 5 heteroatoms. The number of nitrogens with one attached hydrogen (secondary N) is 1. The highest BCUT2D eigenvalue weighted by Crippen LogP contribution is 2.59. The molecule has 2 aliphatic carbocycles. The average molecular weight is 235 g/mol. The minimum Gasteiger partial charge on any atom is -0.314 e. The molecule has 2 aliphatic rings. The van der Waals surface area contributed by atoms with Crippen LogP contribution in [0.5, 0.6) is 0 Å². The summed E-state index contributed by atoms with van der Waals surface area (Å²) in [5.41, 5.74) is 0. The molecule has 1 aromatic heterocycles. The van der Waals surface area contributed by atoms with Crippen molar-refractivity contribution in [1.82, 2.24) is 25.5 Å². The van der Waals surface area contributed by atoms with Gasteiger partial charge in [0.15, 0.2) is 5.82 Å². The summed E-state index contributed by atoms with van der Waals surface area (Å²) in [4.78, 5) is 1.55. The van der Waals surface area contributed by atoms with E-state index < -0.39 is 0 Å². The molecule has 0 saturated heterocycles. The molecule has 3 atom stereocenters. The first-order valence-corrected chi connectivity index (χ1v) is 6.76. The highest BCUT2D eigenvalue weighted by atomic mass is 15.6. The second kappa shape index (κ2) is 4.37. The third kappa shape index (κ3) is 2.08. The Balaban J connectivity index is 1.64. The van der Waals surface area contributed by atoms with Gasteiger partial charge in [0, 0.05) is 12.5 Å². The molecule has 0 radical (unpaired) electrons. The molecule has 0 aliphatic heterocycles. The van der Waals surface area contributed by atoms with E-state index in [-0.39, 0.29) is 0 Å². The number of likely N-dealkylation sites (N-methyl/N-ethyl adjacent to an activating group) is 1. The standard InChI is InChI=1S/C12H21N5/c1-3-13-10(7-11-14-16-17(2)15-11)12-8-5-4-6-9(8)12/h8-10,12-13H,3-7H2,1-2H3. The molecule has 0 spiro atoms. The van der Waals surface area contributed by atoms with Crippen LogP contribution in [-0.2, 0) is 13.5 Å². The summed E-state index contributed by atoms with van der Waals surface area (Å²) in [6, 6.07) is 0.555. The number of tetrazole rings is 1. The molecule has 3 unspecified atom stereocenters. The molecule has 5 nitrogen and oxygen atoms in total. The van der Waals surface area contributed by atoms with Crippen molar-refractivity contribution in [3.05, 3.63) is 5.82 Å². The third-order valence-electron chi connectivity index (χ3n) is 4.36. The van der Waals surface area contributed by atoms with Gasteiger partial charge in [-0.25, -0.2) is 0 Å². The number of aryl methyl sites for hydroxylation is 1. The zero-order chi connectivity index (χ0) is 11.8. The van der Waals surface area contributed by atoms with E-state index in [1.54, 1.807) is 4.80 Å². The molecule has 1 heterocycles. The zero-order valence-corrected chi connectivity index (χ0v) is 10.6. The molecule has 2 fully saturated rings. The highest BCUT2D eigenvalue weighted by Gasteiger charge is 2.55. The fourth-order valence-corrected chi connectivity index (χ4v) is 3.68. The number of nitrogens with zero attached hydrogens (tertiary/aromatic N) is 4. The Kier molecular flexibility index (Phi) is 2.86. The predicted molar refractivity (Wildman–Crippen MR) is 64.3 cm³/mol. The predicted octanol–water partition coefficient (Wildman–Crippen LogP) is 0.777. The van der Waals surface area contributed by atoms with Crippen LogP contribution in [0.4, 0.5) is 0 Å². The maximum Gasteiger partial charge on any atom is 0.176 e. The Hall–Kier alpha value is -0.970. The highest BCUT2D eigenvalue weighted by molar-refractivity contribution is 5.07. The molecule has 2 saturated carbocycles. The van der Waals surface area contributed by atoms with E-state index in [2.05, 4.69) is 27.7 Å². The first-order valence-electron chi connectivity index (χ1n) is 6.76. The quantitative estimate of drug-likeness (QED) is 0.819. The van der Waals surface area contributed by atoms with Gasteiger partial charge < -0.3 is 5.32 Å². The summed E-state index contributed by atoms with van der Waals surface area (Å²) in [6.45, 7) is 3.20. The van der Waals surface area contributed by atoms with Crippen molar-refractivity contribution in [3.63, 3.8) is 0 Å². The fraction of sp³-hybridized carbons (Fsp3) is 0.917. The maximum absolute atomic E-state index is 4.29. The van der Waals surface area contributed by atoms with Crippen LogP contribution in [0.15, 0.2) is 0 Å². The maximum atomic E-state index is 4.29. The lowest BCUT2D eigenvalue weighted by atomic mass is 10.0. The van der Waals surface area contributed by atoms with Gasteiger partial charge in [-0.3, -0.25) is 0 Å². The number of aromatic nitrogens is 4. The molecule has 17 heavy (non-hydrogen) atoms. The smallest absolute Gasteiger partial charge is 0.176 e. The van der Waals surface area contributed by atoms with Gasteiger partial charge in [-0.05, 0) is 42.4 Å². The van der Waals surface area contributed by atoms with E-state index in [4.69, 9.17) is 0 Å². The van der Waals surface area contributed by atoms with E-state index >= 15 is 0 Å². The Morgan fingerprint density at radius 2 is 2.18 bits per heavy atom. The fourth-order valence-electron chi connectivity index (χ4n) is 3.68. The van der Waals surface area contributed by atoms with Crippen molar-refractivity contribution in [2.75, 3.05) is 6.54 Å². The monoisotopic (exact) mass is 235 g/mol. The second-order valence-corrected chi connectivity index (χ2v) is 5.40. The van der Waals surface area contributed by atoms with Crippen LogP contribution in [0.25, 0.3) is 0 Å². The normalized spacial score (nSPS) is 32.5. The van der Waals surface area contributed by atoms with Crippen LogP contribution in [0.3, 0.4) is 0 Å². The second-order valence-electron chi connectivity index (χ2n) is 5.40. The van der Waals surface area contributed by atoms with E-state index in [0.717, 1.165) is 36.5 Å². The third-order valence-corrected chi connectivity index (χ3v) is 4.36. The van der Waals surface area contributed by atoms with Crippen molar-refractivity contribution < 1.29 is 0 Å². The summed E-state index contributed by atoms with van der Waals surface area (Å²) in [5, 5.41) is 15.9. The molecule has 0 bridgehead atoms. The molecule has 3 rings (SSSR count). The number of rotatable bonds is 5. The Bertz CT molecular complexity index is 378. The van der Waals surface area contributed by atoms with Gasteiger partial charge in [-0.15, -0.1) is 10.2 Å². The van der Waals surface area contributed by atoms with Crippen molar-refractivity contribution in [1.29, 1.82) is 0 Å². The topological polar surface area (TPSA) is 55.6 Å². The van der Waals surface area contributed by atoms with Crippen LogP contribution < -0.4 is 5.32 Å². The summed E-state index contributed by atoms with van der Waals surface area (Å²) >= 11 is 0. The minimum absolute atomic E-state index is 0.555. The summed E-state index contributed by atoms with van der Waals surface area (Å²) < 4.78 is 0. The van der Waals surface area contributed by atoms with Crippen LogP contribution in [0.2, 0.25) is 0 Å². The van der Waals surface area contributed by atoms with Crippen LogP contribution >= 0.6 is 0 Å². The molecule has 1 N–H and O–H groups in total. The van der Waals surface area contributed by atoms with Gasteiger partial charge in [0.25, 0.3) is 0 Å². The van der Waals surface area contributed by atoms with Gasteiger partial charge >= 0.3 is 0 Å². The first kappa shape index (κ1) is 11.1. The zero-order valence-electron chi connectivity index (χ0n) is 10.6. The van der Waals surface area contributed by atoms with E-state index in [1.165, 1.54) is 19.3 Å². The summed E-state index contributed by atoms with van der Waals surface area (Å²) in [7, 11) is 1.82. The van der Waals surface area contributed by atoms with Crippen LogP contribution in [0.1, 0.15) is 32.0 Å². The number of hydrogen-bond donors (Lipinski definition) is 1. The average Bonchev–Trinajstić information content (AvgIpc) is 2.67. The van der Waals surface area contributed by atoms with Crippen LogP contribution in [-0.4, -0.2) is 32.8 Å². The van der Waals surface area contributed by atoms with Gasteiger partial charge in [0.2, 0.25) is 0 Å². The Morgan fingerprint density at radius 1 is 1.41 bits per heavy atom. The van der Waals surface area contributed by atoms with Gasteiger partial charge in [0.1, 0.15) is 0 Å². The molecule has 0 aromatic carbocycles. The van der Waals surface area contributed by atoms with Crippen molar-refractivity contribution in [2.45, 2.75) is 38.6 Å². The minimum atomic E-state index is 0.555. The van der Waals surface area contributed by atoms with Gasteiger partial charge in [0.05, 0.1) is 7.05 Å². The van der Waals surface area contributed by atoms with Crippen molar-refractivity contribution in [2.24, 2.45) is 24.8 Å². The summed E-state index contributed by atoms with van der Waals surface area (Å²) in [5.74, 6) is 3.71. The molecular weight excluding hydrogens is 214 g/mol. The molecule has 0 amide bonds. The molecular formula is C12H21N5. The van der Waals surface area contributed by atoms with Crippen LogP contribution in [0, 0.1) is 17.8 Å². The SMILES string of the molecule is CCNC(Cc1nnn(C)n1)C1C2CCCC21. The van der Waals surface area contributed by atoms with Crippen molar-refractivity contribution in [3.8, 4) is 0 Å². The lowest BCUT2D eigenvalue weighted by molar-refractivity contribution is 0.404. The van der Waals surface area contributed by atoms with E-state index in [1.807, 2.05) is 7.05 Å². The molecule has 94 valence electrons. The van der Waals surface area contributed by atoms with Gasteiger partial charge in [-0.1, -0.05) is 13.3 Å². The summed E-state index contributed by atoms with van der Waals surface area (Å²) in [6.07, 6.45) is 5.24. The van der Waals surface area contributed by atoms with Gasteiger partial charge in [-0.2, -0.15) is 4.80 Å². The molecule has 1 aromatic rings. The van der Waals surface area contributed by atoms with E-state index in [9.17, 15) is 0 Å². The van der Waals surface area contributed by atoms with E-state index in [0.29, 0.717) is 6.04 Å². The number of fused-ring (bicyclic) bond motifs is 1. The largest absolute Gasteiger partial charge is 0.314 e. The number of hydrogen-bond acceptors (Lipinski definition) is 4. The lowest BCUT2D eigenvalue weighted by Crippen LogP contribution is -2.35. The lowest BCUT2D eigenvalue weighted by Gasteiger charge is -2.18.